The monoisotopic (exact) mass is 225 g/mol. The Morgan fingerprint density at radius 3 is 2.56 bits per heavy atom. The molecule has 1 unspecified atom stereocenters. The molecule has 1 heterocycles. The first-order valence-electron chi connectivity index (χ1n) is 4.99. The molecule has 0 aromatic carbocycles. The third-order valence-corrected chi connectivity index (χ3v) is 2.45. The van der Waals surface area contributed by atoms with Crippen LogP contribution in [0.1, 0.15) is 23.8 Å². The lowest BCUT2D eigenvalue weighted by molar-refractivity contribution is 0.0690. The number of rotatable bonds is 5. The van der Waals surface area contributed by atoms with Crippen molar-refractivity contribution < 1.29 is 15.0 Å². The van der Waals surface area contributed by atoms with E-state index in [2.05, 4.69) is 9.97 Å². The van der Waals surface area contributed by atoms with Gasteiger partial charge in [0, 0.05) is 7.05 Å². The van der Waals surface area contributed by atoms with Crippen LogP contribution in [0.2, 0.25) is 0 Å². The van der Waals surface area contributed by atoms with Crippen molar-refractivity contribution in [3.8, 4) is 0 Å². The van der Waals surface area contributed by atoms with Gasteiger partial charge in [-0.15, -0.1) is 0 Å². The van der Waals surface area contributed by atoms with Crippen LogP contribution in [0.4, 0.5) is 5.82 Å². The number of anilines is 1. The molecule has 0 amide bonds. The number of carboxylic acids is 1. The van der Waals surface area contributed by atoms with Gasteiger partial charge < -0.3 is 15.1 Å². The SMILES string of the molecule is CCC(CO)N(C)c1cnc(C(=O)O)cn1. The van der Waals surface area contributed by atoms with E-state index in [4.69, 9.17) is 10.2 Å². The first kappa shape index (κ1) is 12.4. The van der Waals surface area contributed by atoms with Gasteiger partial charge in [0.25, 0.3) is 0 Å². The van der Waals surface area contributed by atoms with Crippen molar-refractivity contribution >= 4 is 11.8 Å². The van der Waals surface area contributed by atoms with Crippen molar-refractivity contribution in [3.05, 3.63) is 18.1 Å². The lowest BCUT2D eigenvalue weighted by Crippen LogP contribution is -2.34. The molecule has 1 rings (SSSR count). The van der Waals surface area contributed by atoms with Gasteiger partial charge in [0.1, 0.15) is 5.82 Å². The van der Waals surface area contributed by atoms with E-state index < -0.39 is 5.97 Å². The second-order valence-electron chi connectivity index (χ2n) is 3.42. The van der Waals surface area contributed by atoms with E-state index in [9.17, 15) is 4.79 Å². The number of hydrogen-bond acceptors (Lipinski definition) is 5. The van der Waals surface area contributed by atoms with Crippen molar-refractivity contribution in [2.45, 2.75) is 19.4 Å². The summed E-state index contributed by atoms with van der Waals surface area (Å²) in [6.07, 6.45) is 3.37. The summed E-state index contributed by atoms with van der Waals surface area (Å²) in [4.78, 5) is 20.1. The Balaban J connectivity index is 2.84. The molecule has 6 nitrogen and oxygen atoms in total. The zero-order chi connectivity index (χ0) is 12.1. The van der Waals surface area contributed by atoms with Crippen LogP contribution < -0.4 is 4.90 Å². The molecule has 0 aliphatic heterocycles. The predicted octanol–water partition coefficient (Wildman–Crippen LogP) is 0.382. The number of aromatic nitrogens is 2. The largest absolute Gasteiger partial charge is 0.476 e. The highest BCUT2D eigenvalue weighted by Gasteiger charge is 2.14. The highest BCUT2D eigenvalue weighted by molar-refractivity contribution is 5.84. The summed E-state index contributed by atoms with van der Waals surface area (Å²) in [6.45, 7) is 1.98. The second-order valence-corrected chi connectivity index (χ2v) is 3.42. The van der Waals surface area contributed by atoms with Gasteiger partial charge in [-0.1, -0.05) is 6.92 Å². The average Bonchev–Trinajstić information content (AvgIpc) is 2.30. The molecule has 1 atom stereocenters. The molecule has 0 spiro atoms. The minimum Gasteiger partial charge on any atom is -0.476 e. The van der Waals surface area contributed by atoms with Crippen LogP contribution in [0.5, 0.6) is 0 Å². The van der Waals surface area contributed by atoms with Gasteiger partial charge in [-0.05, 0) is 6.42 Å². The summed E-state index contributed by atoms with van der Waals surface area (Å²) in [5.41, 5.74) is -0.0887. The number of hydrogen-bond donors (Lipinski definition) is 2. The third-order valence-electron chi connectivity index (χ3n) is 2.45. The number of aromatic carboxylic acids is 1. The zero-order valence-corrected chi connectivity index (χ0v) is 9.29. The molecule has 16 heavy (non-hydrogen) atoms. The summed E-state index contributed by atoms with van der Waals surface area (Å²) >= 11 is 0. The Hall–Kier alpha value is -1.69. The van der Waals surface area contributed by atoms with E-state index in [0.717, 1.165) is 6.42 Å². The molecule has 88 valence electrons. The van der Waals surface area contributed by atoms with Crippen LogP contribution >= 0.6 is 0 Å². The quantitative estimate of drug-likeness (QED) is 0.753. The highest BCUT2D eigenvalue weighted by atomic mass is 16.4. The summed E-state index contributed by atoms with van der Waals surface area (Å²) in [5.74, 6) is -0.554. The molecular formula is C10H15N3O3. The molecule has 0 fully saturated rings. The predicted molar refractivity (Wildman–Crippen MR) is 58.6 cm³/mol. The van der Waals surface area contributed by atoms with Gasteiger partial charge in [-0.2, -0.15) is 0 Å². The molecule has 0 radical (unpaired) electrons. The number of carbonyl (C=O) groups is 1. The standard InChI is InChI=1S/C10H15N3O3/c1-3-7(6-14)13(2)9-5-11-8(4-12-9)10(15)16/h4-5,7,14H,3,6H2,1-2H3,(H,15,16). The number of nitrogens with zero attached hydrogens (tertiary/aromatic N) is 3. The lowest BCUT2D eigenvalue weighted by Gasteiger charge is -2.26. The molecule has 0 bridgehead atoms. The van der Waals surface area contributed by atoms with Crippen LogP contribution in [-0.2, 0) is 0 Å². The summed E-state index contributed by atoms with van der Waals surface area (Å²) < 4.78 is 0. The average molecular weight is 225 g/mol. The minimum atomic E-state index is -1.10. The van der Waals surface area contributed by atoms with Crippen molar-refractivity contribution in [1.82, 2.24) is 9.97 Å². The maximum Gasteiger partial charge on any atom is 0.356 e. The van der Waals surface area contributed by atoms with E-state index in [1.165, 1.54) is 12.4 Å². The molecule has 0 saturated heterocycles. The third kappa shape index (κ3) is 2.66. The lowest BCUT2D eigenvalue weighted by atomic mass is 10.2. The summed E-state index contributed by atoms with van der Waals surface area (Å²) in [6, 6.07) is -0.0371. The van der Waals surface area contributed by atoms with Gasteiger partial charge in [0.05, 0.1) is 25.0 Å². The van der Waals surface area contributed by atoms with Crippen molar-refractivity contribution in [2.75, 3.05) is 18.6 Å². The van der Waals surface area contributed by atoms with E-state index >= 15 is 0 Å². The van der Waals surface area contributed by atoms with Crippen LogP contribution in [-0.4, -0.2) is 45.8 Å². The first-order chi connectivity index (χ1) is 7.60. The van der Waals surface area contributed by atoms with Gasteiger partial charge in [-0.3, -0.25) is 0 Å². The summed E-state index contributed by atoms with van der Waals surface area (Å²) in [7, 11) is 1.79. The Morgan fingerprint density at radius 2 is 2.19 bits per heavy atom. The van der Waals surface area contributed by atoms with Gasteiger partial charge in [-0.25, -0.2) is 14.8 Å². The molecule has 0 aliphatic carbocycles. The summed E-state index contributed by atoms with van der Waals surface area (Å²) in [5, 5.41) is 17.8. The number of likely N-dealkylation sites (N-methyl/N-ethyl adjacent to an activating group) is 1. The molecule has 2 N–H and O–H groups in total. The van der Waals surface area contributed by atoms with Gasteiger partial charge in [0.15, 0.2) is 5.69 Å². The van der Waals surface area contributed by atoms with Crippen LogP contribution in [0.3, 0.4) is 0 Å². The fourth-order valence-electron chi connectivity index (χ4n) is 1.33. The van der Waals surface area contributed by atoms with Crippen LogP contribution in [0.15, 0.2) is 12.4 Å². The Bertz CT molecular complexity index is 349. The molecule has 0 saturated carbocycles. The highest BCUT2D eigenvalue weighted by Crippen LogP contribution is 2.12. The second kappa shape index (κ2) is 5.41. The maximum atomic E-state index is 10.6. The van der Waals surface area contributed by atoms with Crippen LogP contribution in [0.25, 0.3) is 0 Å². The van der Waals surface area contributed by atoms with E-state index in [-0.39, 0.29) is 18.3 Å². The molecule has 0 aliphatic rings. The molecular weight excluding hydrogens is 210 g/mol. The molecule has 6 heteroatoms. The van der Waals surface area contributed by atoms with Crippen molar-refractivity contribution in [1.29, 1.82) is 0 Å². The van der Waals surface area contributed by atoms with Gasteiger partial charge >= 0.3 is 5.97 Å². The van der Waals surface area contributed by atoms with E-state index in [1.807, 2.05) is 6.92 Å². The zero-order valence-electron chi connectivity index (χ0n) is 9.29. The topological polar surface area (TPSA) is 86.5 Å². The van der Waals surface area contributed by atoms with Crippen molar-refractivity contribution in [2.24, 2.45) is 0 Å². The first-order valence-corrected chi connectivity index (χ1v) is 4.99. The smallest absolute Gasteiger partial charge is 0.356 e. The Kier molecular flexibility index (Phi) is 4.19. The number of aliphatic hydroxyl groups excluding tert-OH is 1. The maximum absolute atomic E-state index is 10.6. The van der Waals surface area contributed by atoms with Gasteiger partial charge in [0.2, 0.25) is 0 Å². The fourth-order valence-corrected chi connectivity index (χ4v) is 1.33. The van der Waals surface area contributed by atoms with E-state index in [1.54, 1.807) is 11.9 Å². The fraction of sp³-hybridized carbons (Fsp3) is 0.500. The van der Waals surface area contributed by atoms with E-state index in [0.29, 0.717) is 5.82 Å². The minimum absolute atomic E-state index is 0.0232. The van der Waals surface area contributed by atoms with Crippen molar-refractivity contribution in [3.63, 3.8) is 0 Å². The molecule has 1 aromatic rings. The molecule has 1 aromatic heterocycles. The number of carboxylic acid groups (broad SMARTS) is 1. The number of aliphatic hydroxyl groups is 1. The Labute approximate surface area is 93.6 Å². The van der Waals surface area contributed by atoms with Crippen LogP contribution in [0, 0.1) is 0 Å². The normalized spacial score (nSPS) is 12.2. The Morgan fingerprint density at radius 1 is 1.50 bits per heavy atom.